The first-order valence-corrected chi connectivity index (χ1v) is 7.07. The maximum absolute atomic E-state index is 11.6. The number of alkyl halides is 2. The van der Waals surface area contributed by atoms with Crippen LogP contribution in [0.3, 0.4) is 0 Å². The number of nitrogens with zero attached hydrogens (tertiary/aromatic N) is 4. The number of azide groups is 1. The van der Waals surface area contributed by atoms with Crippen molar-refractivity contribution in [2.24, 2.45) is 5.11 Å². The Morgan fingerprint density at radius 3 is 2.50 bits per heavy atom. The van der Waals surface area contributed by atoms with Gasteiger partial charge in [-0.15, -0.1) is 0 Å². The Labute approximate surface area is 136 Å². The third-order valence-electron chi connectivity index (χ3n) is 3.10. The lowest BCUT2D eigenvalue weighted by Gasteiger charge is -2.24. The summed E-state index contributed by atoms with van der Waals surface area (Å²) in [5.41, 5.74) is 9.13. The number of non-ortho nitro benzene ring substituents is 1. The van der Waals surface area contributed by atoms with Crippen LogP contribution in [0.1, 0.15) is 18.4 Å². The molecule has 0 heterocycles. The average Bonchev–Trinajstić information content (AvgIpc) is 2.50. The predicted octanol–water partition coefficient (Wildman–Crippen LogP) is 3.30. The van der Waals surface area contributed by atoms with E-state index < -0.39 is 21.7 Å². The second-order valence-corrected chi connectivity index (χ2v) is 5.56. The zero-order chi connectivity index (χ0) is 16.7. The molecule has 1 amide bonds. The molecule has 0 spiro atoms. The third-order valence-corrected chi connectivity index (χ3v) is 3.50. The van der Waals surface area contributed by atoms with Crippen molar-refractivity contribution in [1.29, 1.82) is 0 Å². The molecule has 1 aromatic rings. The van der Waals surface area contributed by atoms with E-state index in [9.17, 15) is 14.9 Å². The summed E-state index contributed by atoms with van der Waals surface area (Å²) in [6.45, 7) is 1.79. The van der Waals surface area contributed by atoms with Crippen molar-refractivity contribution >= 4 is 34.8 Å². The Morgan fingerprint density at radius 2 is 2.05 bits per heavy atom. The molecule has 0 bridgehead atoms. The van der Waals surface area contributed by atoms with E-state index in [0.29, 0.717) is 0 Å². The molecule has 118 valence electrons. The number of nitro benzene ring substituents is 1. The van der Waals surface area contributed by atoms with Crippen LogP contribution < -0.4 is 5.32 Å². The molecular formula is C12H13Cl2N5O3. The van der Waals surface area contributed by atoms with E-state index in [1.165, 1.54) is 12.1 Å². The van der Waals surface area contributed by atoms with Crippen LogP contribution >= 0.6 is 23.2 Å². The van der Waals surface area contributed by atoms with Crippen LogP contribution in [0, 0.1) is 10.1 Å². The molecule has 0 unspecified atom stereocenters. The van der Waals surface area contributed by atoms with Crippen LogP contribution in [-0.4, -0.2) is 28.3 Å². The van der Waals surface area contributed by atoms with E-state index in [4.69, 9.17) is 28.7 Å². The standard InChI is InChI=1S/C12H13Cl2N5O3/c1-7(8-2-4-9(5-3-8)19(21)22)10(6-16-18-15)17-12(20)11(13)14/h2-5,7,10-11H,6H2,1H3,(H,17,20)/t7-,10-/m1/s1. The minimum absolute atomic E-state index is 0.000885. The number of hydrogen-bond acceptors (Lipinski definition) is 4. The molecule has 1 rings (SSSR count). The molecule has 1 aromatic carbocycles. The molecule has 0 aliphatic heterocycles. The lowest BCUT2D eigenvalue weighted by molar-refractivity contribution is -0.384. The summed E-state index contributed by atoms with van der Waals surface area (Å²) in [6.07, 6.45) is 0. The lowest BCUT2D eigenvalue weighted by atomic mass is 9.93. The molecule has 0 aromatic heterocycles. The maximum Gasteiger partial charge on any atom is 0.269 e. The molecule has 10 heteroatoms. The van der Waals surface area contributed by atoms with Gasteiger partial charge in [0.05, 0.1) is 4.92 Å². The maximum atomic E-state index is 11.6. The number of amides is 1. The first-order chi connectivity index (χ1) is 10.4. The number of rotatable bonds is 7. The highest BCUT2D eigenvalue weighted by Crippen LogP contribution is 2.23. The van der Waals surface area contributed by atoms with E-state index in [2.05, 4.69) is 15.3 Å². The Kier molecular flexibility index (Phi) is 6.91. The number of benzene rings is 1. The van der Waals surface area contributed by atoms with Gasteiger partial charge in [0.1, 0.15) is 0 Å². The van der Waals surface area contributed by atoms with Crippen LogP contribution in [0.4, 0.5) is 5.69 Å². The van der Waals surface area contributed by atoms with Crippen molar-refractivity contribution in [3.63, 3.8) is 0 Å². The van der Waals surface area contributed by atoms with E-state index in [0.717, 1.165) is 5.56 Å². The Balaban J connectivity index is 2.94. The van der Waals surface area contributed by atoms with Gasteiger partial charge in [0.2, 0.25) is 0 Å². The van der Waals surface area contributed by atoms with Gasteiger partial charge in [0, 0.05) is 35.5 Å². The SMILES string of the molecule is C[C@H](c1ccc([N+](=O)[O-])cc1)[C@@H](CN=[N+]=[N-])NC(=O)C(Cl)Cl. The van der Waals surface area contributed by atoms with Crippen molar-refractivity contribution in [2.75, 3.05) is 6.54 Å². The Hall–Kier alpha value is -2.02. The van der Waals surface area contributed by atoms with E-state index in [-0.39, 0.29) is 18.2 Å². The Morgan fingerprint density at radius 1 is 1.45 bits per heavy atom. The van der Waals surface area contributed by atoms with Crippen LogP contribution in [0.2, 0.25) is 0 Å². The summed E-state index contributed by atoms with van der Waals surface area (Å²) in [5.74, 6) is -0.863. The van der Waals surface area contributed by atoms with E-state index in [1.54, 1.807) is 19.1 Å². The van der Waals surface area contributed by atoms with Gasteiger partial charge < -0.3 is 5.32 Å². The van der Waals surface area contributed by atoms with Gasteiger partial charge in [0.15, 0.2) is 4.84 Å². The first kappa shape index (κ1) is 18.0. The predicted molar refractivity (Wildman–Crippen MR) is 82.9 cm³/mol. The molecule has 1 N–H and O–H groups in total. The van der Waals surface area contributed by atoms with E-state index in [1.807, 2.05) is 0 Å². The molecule has 0 radical (unpaired) electrons. The third kappa shape index (κ3) is 5.07. The summed E-state index contributed by atoms with van der Waals surface area (Å²) in [6, 6.07) is 5.35. The summed E-state index contributed by atoms with van der Waals surface area (Å²) >= 11 is 11.0. The van der Waals surface area contributed by atoms with Gasteiger partial charge >= 0.3 is 0 Å². The molecule has 0 saturated carbocycles. The monoisotopic (exact) mass is 345 g/mol. The van der Waals surface area contributed by atoms with Crippen LogP contribution in [0.25, 0.3) is 10.4 Å². The van der Waals surface area contributed by atoms with Crippen molar-refractivity contribution in [1.82, 2.24) is 5.32 Å². The highest BCUT2D eigenvalue weighted by molar-refractivity contribution is 6.53. The lowest BCUT2D eigenvalue weighted by Crippen LogP contribution is -2.42. The minimum atomic E-state index is -1.24. The highest BCUT2D eigenvalue weighted by Gasteiger charge is 2.23. The second-order valence-electron chi connectivity index (χ2n) is 4.47. The van der Waals surface area contributed by atoms with E-state index >= 15 is 0 Å². The quantitative estimate of drug-likeness (QED) is 0.203. The number of nitrogens with one attached hydrogen (secondary N) is 1. The Bertz CT molecular complexity index is 587. The van der Waals surface area contributed by atoms with Crippen molar-refractivity contribution in [3.8, 4) is 0 Å². The van der Waals surface area contributed by atoms with Crippen LogP contribution in [0.15, 0.2) is 29.4 Å². The molecule has 0 aliphatic rings. The molecule has 0 saturated heterocycles. The van der Waals surface area contributed by atoms with Crippen molar-refractivity contribution in [2.45, 2.75) is 23.7 Å². The van der Waals surface area contributed by atoms with Crippen LogP contribution in [0.5, 0.6) is 0 Å². The molecule has 22 heavy (non-hydrogen) atoms. The van der Waals surface area contributed by atoms with Gasteiger partial charge in [-0.1, -0.05) is 47.4 Å². The molecule has 8 nitrogen and oxygen atoms in total. The fraction of sp³-hybridized carbons (Fsp3) is 0.417. The number of halogens is 2. The summed E-state index contributed by atoms with van der Waals surface area (Å²) < 4.78 is 0. The second kappa shape index (κ2) is 8.43. The molecule has 2 atom stereocenters. The number of hydrogen-bond donors (Lipinski definition) is 1. The minimum Gasteiger partial charge on any atom is -0.350 e. The normalized spacial score (nSPS) is 13.1. The van der Waals surface area contributed by atoms with Gasteiger partial charge in [-0.2, -0.15) is 0 Å². The topological polar surface area (TPSA) is 121 Å². The van der Waals surface area contributed by atoms with Crippen molar-refractivity contribution in [3.05, 3.63) is 50.4 Å². The van der Waals surface area contributed by atoms with Gasteiger partial charge in [-0.3, -0.25) is 14.9 Å². The molecule has 0 aliphatic carbocycles. The number of nitro groups is 1. The number of carbonyl (C=O) groups excluding carboxylic acids is 1. The average molecular weight is 346 g/mol. The zero-order valence-electron chi connectivity index (χ0n) is 11.5. The molecular weight excluding hydrogens is 333 g/mol. The fourth-order valence-electron chi connectivity index (χ4n) is 1.83. The summed E-state index contributed by atoms with van der Waals surface area (Å²) in [5, 5.41) is 16.7. The highest BCUT2D eigenvalue weighted by atomic mass is 35.5. The van der Waals surface area contributed by atoms with Crippen molar-refractivity contribution < 1.29 is 9.72 Å². The fourth-order valence-corrected chi connectivity index (χ4v) is 1.96. The molecule has 0 fully saturated rings. The zero-order valence-corrected chi connectivity index (χ0v) is 13.0. The van der Waals surface area contributed by atoms with Gasteiger partial charge in [0.25, 0.3) is 11.6 Å². The largest absolute Gasteiger partial charge is 0.350 e. The smallest absolute Gasteiger partial charge is 0.269 e. The summed E-state index contributed by atoms with van der Waals surface area (Å²) in [4.78, 5) is 23.2. The van der Waals surface area contributed by atoms with Gasteiger partial charge in [-0.25, -0.2) is 0 Å². The first-order valence-electron chi connectivity index (χ1n) is 6.20. The van der Waals surface area contributed by atoms with Gasteiger partial charge in [-0.05, 0) is 11.1 Å². The van der Waals surface area contributed by atoms with Crippen LogP contribution in [-0.2, 0) is 4.79 Å². The summed E-state index contributed by atoms with van der Waals surface area (Å²) in [7, 11) is 0. The number of carbonyl (C=O) groups is 1.